The number of carbonyl (C=O) groups is 1. The maximum atomic E-state index is 12.9. The molecule has 0 saturated heterocycles. The maximum absolute atomic E-state index is 12.9. The van der Waals surface area contributed by atoms with Crippen LogP contribution in [0.15, 0.2) is 18.2 Å². The topological polar surface area (TPSA) is 29.1 Å². The van der Waals surface area contributed by atoms with Crippen molar-refractivity contribution in [3.05, 3.63) is 35.4 Å². The van der Waals surface area contributed by atoms with Crippen molar-refractivity contribution in [3.8, 4) is 0 Å². The smallest absolute Gasteiger partial charge is 0.133 e. The predicted octanol–water partition coefficient (Wildman–Crippen LogP) is 1.25. The third kappa shape index (κ3) is 2.91. The molecule has 0 saturated carbocycles. The van der Waals surface area contributed by atoms with Gasteiger partial charge in [0, 0.05) is 18.2 Å². The molecular weight excluding hydrogens is 176 g/mol. The highest BCUT2D eigenvalue weighted by atomic mass is 19.1. The van der Waals surface area contributed by atoms with Crippen LogP contribution in [0.25, 0.3) is 0 Å². The second-order valence-corrected chi connectivity index (χ2v) is 2.53. The molecule has 1 aromatic rings. The van der Waals surface area contributed by atoms with E-state index in [4.69, 9.17) is 0 Å². The average Bonchev–Trinajstić information content (AvgIpc) is 2.09. The van der Waals surface area contributed by atoms with Crippen molar-refractivity contribution < 1.29 is 13.6 Å². The van der Waals surface area contributed by atoms with Crippen molar-refractivity contribution in [3.63, 3.8) is 0 Å². The summed E-state index contributed by atoms with van der Waals surface area (Å²) in [7, 11) is 0. The minimum Gasteiger partial charge on any atom is -0.306 e. The molecule has 0 unspecified atom stereocenters. The lowest BCUT2D eigenvalue weighted by Crippen LogP contribution is -2.16. The van der Waals surface area contributed by atoms with Crippen LogP contribution in [0.1, 0.15) is 5.56 Å². The first-order chi connectivity index (χ1) is 6.24. The van der Waals surface area contributed by atoms with E-state index in [1.165, 1.54) is 12.1 Å². The van der Waals surface area contributed by atoms with Gasteiger partial charge in [-0.2, -0.15) is 0 Å². The Morgan fingerprint density at radius 3 is 2.77 bits per heavy atom. The Bertz CT molecular complexity index is 302. The quantitative estimate of drug-likeness (QED) is 0.565. The third-order valence-electron chi connectivity index (χ3n) is 1.56. The minimum atomic E-state index is -0.600. The molecule has 0 radical (unpaired) electrons. The molecule has 4 heteroatoms. The van der Waals surface area contributed by atoms with E-state index in [1.807, 2.05) is 0 Å². The number of carbonyl (C=O) groups excluding carboxylic acids is 1. The highest BCUT2D eigenvalue weighted by molar-refractivity contribution is 5.51. The molecule has 0 aliphatic rings. The van der Waals surface area contributed by atoms with Gasteiger partial charge in [-0.05, 0) is 6.07 Å². The molecule has 2 nitrogen and oxygen atoms in total. The van der Waals surface area contributed by atoms with Gasteiger partial charge >= 0.3 is 0 Å². The van der Waals surface area contributed by atoms with Crippen LogP contribution in [0.4, 0.5) is 8.78 Å². The van der Waals surface area contributed by atoms with Crippen LogP contribution in [0.2, 0.25) is 0 Å². The SMILES string of the molecule is O=CCNCc1ccc(F)cc1F. The van der Waals surface area contributed by atoms with Gasteiger partial charge in [-0.1, -0.05) is 6.07 Å². The van der Waals surface area contributed by atoms with E-state index >= 15 is 0 Å². The summed E-state index contributed by atoms with van der Waals surface area (Å²) in [5, 5.41) is 2.68. The van der Waals surface area contributed by atoms with Crippen molar-refractivity contribution in [1.29, 1.82) is 0 Å². The van der Waals surface area contributed by atoms with Crippen LogP contribution in [0.3, 0.4) is 0 Å². The normalized spacial score (nSPS) is 10.0. The summed E-state index contributed by atoms with van der Waals surface area (Å²) in [6.07, 6.45) is 0.682. The Morgan fingerprint density at radius 2 is 2.15 bits per heavy atom. The number of aldehydes is 1. The summed E-state index contributed by atoms with van der Waals surface area (Å²) in [6.45, 7) is 0.391. The van der Waals surface area contributed by atoms with Gasteiger partial charge in [0.25, 0.3) is 0 Å². The fourth-order valence-electron chi connectivity index (χ4n) is 0.931. The largest absolute Gasteiger partial charge is 0.306 e. The van der Waals surface area contributed by atoms with Crippen LogP contribution in [0.5, 0.6) is 0 Å². The molecule has 70 valence electrons. The van der Waals surface area contributed by atoms with E-state index in [2.05, 4.69) is 5.32 Å². The molecule has 0 heterocycles. The molecule has 1 N–H and O–H groups in total. The fraction of sp³-hybridized carbons (Fsp3) is 0.222. The molecule has 0 aliphatic carbocycles. The van der Waals surface area contributed by atoms with E-state index in [0.717, 1.165) is 6.07 Å². The molecule has 0 aromatic heterocycles. The van der Waals surface area contributed by atoms with Crippen LogP contribution in [-0.4, -0.2) is 12.8 Å². The Hall–Kier alpha value is -1.29. The number of hydrogen-bond donors (Lipinski definition) is 1. The maximum Gasteiger partial charge on any atom is 0.133 e. The zero-order valence-electron chi connectivity index (χ0n) is 6.89. The fourth-order valence-corrected chi connectivity index (χ4v) is 0.931. The Morgan fingerprint density at radius 1 is 1.38 bits per heavy atom. The zero-order valence-corrected chi connectivity index (χ0v) is 6.89. The summed E-state index contributed by atoms with van der Waals surface area (Å²) >= 11 is 0. The highest BCUT2D eigenvalue weighted by Gasteiger charge is 2.02. The van der Waals surface area contributed by atoms with Gasteiger partial charge < -0.3 is 10.1 Å². The summed E-state index contributed by atoms with van der Waals surface area (Å²) < 4.78 is 25.3. The number of rotatable bonds is 4. The van der Waals surface area contributed by atoms with Crippen LogP contribution in [-0.2, 0) is 11.3 Å². The number of hydrogen-bond acceptors (Lipinski definition) is 2. The number of halogens is 2. The monoisotopic (exact) mass is 185 g/mol. The van der Waals surface area contributed by atoms with Gasteiger partial charge in [-0.3, -0.25) is 0 Å². The van der Waals surface area contributed by atoms with E-state index < -0.39 is 11.6 Å². The van der Waals surface area contributed by atoms with E-state index in [0.29, 0.717) is 11.8 Å². The summed E-state index contributed by atoms with van der Waals surface area (Å²) in [6, 6.07) is 3.35. The molecule has 0 amide bonds. The van der Waals surface area contributed by atoms with E-state index in [1.54, 1.807) is 0 Å². The Kier molecular flexibility index (Phi) is 3.52. The third-order valence-corrected chi connectivity index (χ3v) is 1.56. The molecular formula is C9H9F2NO. The van der Waals surface area contributed by atoms with Gasteiger partial charge in [0.2, 0.25) is 0 Å². The first kappa shape index (κ1) is 9.80. The highest BCUT2D eigenvalue weighted by Crippen LogP contribution is 2.08. The van der Waals surface area contributed by atoms with Gasteiger partial charge in [0.15, 0.2) is 0 Å². The van der Waals surface area contributed by atoms with Crippen molar-refractivity contribution >= 4 is 6.29 Å². The van der Waals surface area contributed by atoms with Crippen molar-refractivity contribution in [1.82, 2.24) is 5.32 Å². The van der Waals surface area contributed by atoms with Crippen molar-refractivity contribution in [2.45, 2.75) is 6.54 Å². The lowest BCUT2D eigenvalue weighted by atomic mass is 10.2. The molecule has 0 bridgehead atoms. The summed E-state index contributed by atoms with van der Waals surface area (Å²) in [5.41, 5.74) is 0.350. The first-order valence-electron chi connectivity index (χ1n) is 3.82. The number of nitrogens with one attached hydrogen (secondary N) is 1. The van der Waals surface area contributed by atoms with Gasteiger partial charge in [-0.15, -0.1) is 0 Å². The molecule has 13 heavy (non-hydrogen) atoms. The zero-order chi connectivity index (χ0) is 9.68. The lowest BCUT2D eigenvalue weighted by Gasteiger charge is -2.02. The molecule has 1 rings (SSSR count). The van der Waals surface area contributed by atoms with Gasteiger partial charge in [-0.25, -0.2) is 8.78 Å². The second-order valence-electron chi connectivity index (χ2n) is 2.53. The lowest BCUT2D eigenvalue weighted by molar-refractivity contribution is -0.107. The van der Waals surface area contributed by atoms with Crippen LogP contribution < -0.4 is 5.32 Å². The van der Waals surface area contributed by atoms with E-state index in [-0.39, 0.29) is 13.1 Å². The van der Waals surface area contributed by atoms with Crippen LogP contribution in [0, 0.1) is 11.6 Å². The molecule has 0 spiro atoms. The first-order valence-corrected chi connectivity index (χ1v) is 3.82. The van der Waals surface area contributed by atoms with Crippen molar-refractivity contribution in [2.75, 3.05) is 6.54 Å². The summed E-state index contributed by atoms with van der Waals surface area (Å²) in [5.74, 6) is -1.20. The second kappa shape index (κ2) is 4.67. The Balaban J connectivity index is 2.61. The van der Waals surface area contributed by atoms with Crippen molar-refractivity contribution in [2.24, 2.45) is 0 Å². The molecule has 0 atom stereocenters. The standard InChI is InChI=1S/C9H9F2NO/c10-8-2-1-7(9(11)5-8)6-12-3-4-13/h1-2,4-5,12H,3,6H2. The molecule has 0 aliphatic heterocycles. The molecule has 0 fully saturated rings. The Labute approximate surface area is 74.6 Å². The molecule has 1 aromatic carbocycles. The van der Waals surface area contributed by atoms with Gasteiger partial charge in [0.05, 0.1) is 6.54 Å². The minimum absolute atomic E-state index is 0.164. The predicted molar refractivity (Wildman–Crippen MR) is 44.1 cm³/mol. The number of benzene rings is 1. The average molecular weight is 185 g/mol. The summed E-state index contributed by atoms with van der Waals surface area (Å²) in [4.78, 5) is 9.92. The van der Waals surface area contributed by atoms with Gasteiger partial charge in [0.1, 0.15) is 17.9 Å². The van der Waals surface area contributed by atoms with E-state index in [9.17, 15) is 13.6 Å². The van der Waals surface area contributed by atoms with Crippen LogP contribution >= 0.6 is 0 Å².